The topological polar surface area (TPSA) is 37.4 Å². The third-order valence-corrected chi connectivity index (χ3v) is 8.77. The first-order chi connectivity index (χ1) is 15.4. The second-order valence-electron chi connectivity index (χ2n) is 10.7. The van der Waals surface area contributed by atoms with Gasteiger partial charge in [0.2, 0.25) is 0 Å². The third-order valence-electron chi connectivity index (χ3n) is 8.77. The minimum atomic E-state index is -0.0669. The Bertz CT molecular complexity index is 1120. The number of hydrogen-bond donors (Lipinski definition) is 0. The van der Waals surface area contributed by atoms with Crippen molar-refractivity contribution in [3.8, 4) is 0 Å². The summed E-state index contributed by atoms with van der Waals surface area (Å²) in [4.78, 5) is 28.2. The van der Waals surface area contributed by atoms with Gasteiger partial charge in [-0.3, -0.25) is 14.5 Å². The van der Waals surface area contributed by atoms with Gasteiger partial charge in [-0.15, -0.1) is 0 Å². The maximum Gasteiger partial charge on any atom is 0.261 e. The summed E-state index contributed by atoms with van der Waals surface area (Å²) < 4.78 is 0. The van der Waals surface area contributed by atoms with Crippen LogP contribution >= 0.6 is 0 Å². The molecular formula is C29H31NO2. The second kappa shape index (κ2) is 7.16. The summed E-state index contributed by atoms with van der Waals surface area (Å²) in [6.07, 6.45) is 11.5. The van der Waals surface area contributed by atoms with Gasteiger partial charge >= 0.3 is 0 Å². The first-order valence-corrected chi connectivity index (χ1v) is 12.1. The van der Waals surface area contributed by atoms with Crippen LogP contribution in [0.1, 0.15) is 56.6 Å². The number of carbonyl (C=O) groups is 2. The molecule has 3 nitrogen and oxygen atoms in total. The van der Waals surface area contributed by atoms with Crippen LogP contribution in [0.2, 0.25) is 0 Å². The Hall–Kier alpha value is -2.68. The number of carbonyl (C=O) groups excluding carboxylic acids is 2. The largest absolute Gasteiger partial charge is 0.274 e. The molecule has 2 amide bonds. The fourth-order valence-corrected chi connectivity index (χ4v) is 7.13. The van der Waals surface area contributed by atoms with Gasteiger partial charge in [0, 0.05) is 12.1 Å². The van der Waals surface area contributed by atoms with Gasteiger partial charge in [-0.05, 0) is 91.7 Å². The van der Waals surface area contributed by atoms with Crippen molar-refractivity contribution in [2.75, 3.05) is 6.54 Å². The van der Waals surface area contributed by atoms with Gasteiger partial charge in [-0.25, -0.2) is 0 Å². The van der Waals surface area contributed by atoms with E-state index < -0.39 is 0 Å². The van der Waals surface area contributed by atoms with E-state index in [-0.39, 0.29) is 11.8 Å². The average molecular weight is 426 g/mol. The first kappa shape index (κ1) is 20.0. The fourth-order valence-electron chi connectivity index (χ4n) is 7.13. The maximum atomic E-state index is 13.5. The Balaban J connectivity index is 1.24. The Morgan fingerprint density at radius 3 is 2.34 bits per heavy atom. The summed E-state index contributed by atoms with van der Waals surface area (Å²) in [5.41, 5.74) is 6.10. The number of benzene rings is 1. The highest BCUT2D eigenvalue weighted by atomic mass is 16.2. The molecular weight excluding hydrogens is 394 g/mol. The molecule has 6 unspecified atom stereocenters. The van der Waals surface area contributed by atoms with Crippen molar-refractivity contribution in [2.45, 2.75) is 45.4 Å². The summed E-state index contributed by atoms with van der Waals surface area (Å²) in [6.45, 7) is 8.52. The lowest BCUT2D eigenvalue weighted by Gasteiger charge is -2.26. The van der Waals surface area contributed by atoms with E-state index in [0.717, 1.165) is 30.4 Å². The van der Waals surface area contributed by atoms with Crippen LogP contribution in [0.3, 0.4) is 0 Å². The molecule has 6 atom stereocenters. The highest BCUT2D eigenvalue weighted by Crippen LogP contribution is 2.55. The van der Waals surface area contributed by atoms with Crippen molar-refractivity contribution in [2.24, 2.45) is 29.6 Å². The molecule has 0 radical (unpaired) electrons. The third kappa shape index (κ3) is 2.93. The summed E-state index contributed by atoms with van der Waals surface area (Å²) in [7, 11) is 0. The van der Waals surface area contributed by atoms with Crippen LogP contribution in [0.15, 0.2) is 65.8 Å². The van der Waals surface area contributed by atoms with E-state index in [2.05, 4.69) is 49.1 Å². The summed E-state index contributed by atoms with van der Waals surface area (Å²) in [6, 6.07) is 8.77. The van der Waals surface area contributed by atoms with Crippen molar-refractivity contribution in [3.05, 3.63) is 76.9 Å². The lowest BCUT2D eigenvalue weighted by molar-refractivity contribution is -0.138. The fraction of sp³-hybridized carbons (Fsp3) is 0.448. The van der Waals surface area contributed by atoms with E-state index in [1.165, 1.54) is 17.5 Å². The Labute approximate surface area is 190 Å². The minimum absolute atomic E-state index is 0.0468. The molecule has 2 fully saturated rings. The molecule has 0 N–H and O–H groups in total. The predicted octanol–water partition coefficient (Wildman–Crippen LogP) is 5.67. The maximum absolute atomic E-state index is 13.5. The standard InChI is InChI=1S/C29H31NO2/c1-16(2)20-6-8-21(9-7-20)24-12-19-13-25(24)26(14-19)27-17(3)28(31)30(29(27)32)15-23-11-18-4-5-22(23)10-18/h4-9,14,18-19,22-25H,1,10-13,15H2,2-3H3. The van der Waals surface area contributed by atoms with Gasteiger partial charge in [0.25, 0.3) is 11.8 Å². The summed E-state index contributed by atoms with van der Waals surface area (Å²) in [5, 5.41) is 0. The molecule has 6 rings (SSSR count). The lowest BCUT2D eigenvalue weighted by Crippen LogP contribution is -2.37. The van der Waals surface area contributed by atoms with Gasteiger partial charge in [0.1, 0.15) is 0 Å². The van der Waals surface area contributed by atoms with E-state index in [4.69, 9.17) is 0 Å². The monoisotopic (exact) mass is 425 g/mol. The van der Waals surface area contributed by atoms with Gasteiger partial charge in [0.15, 0.2) is 0 Å². The number of allylic oxidation sites excluding steroid dienone is 4. The normalized spacial score (nSPS) is 34.9. The molecule has 5 aliphatic rings. The van der Waals surface area contributed by atoms with Crippen molar-refractivity contribution >= 4 is 17.4 Å². The predicted molar refractivity (Wildman–Crippen MR) is 126 cm³/mol. The van der Waals surface area contributed by atoms with Crippen molar-refractivity contribution in [1.29, 1.82) is 0 Å². The number of hydrogen-bond acceptors (Lipinski definition) is 2. The van der Waals surface area contributed by atoms with E-state index in [0.29, 0.717) is 53.2 Å². The van der Waals surface area contributed by atoms with Crippen molar-refractivity contribution in [1.82, 2.24) is 4.90 Å². The molecule has 0 aromatic heterocycles. The molecule has 0 spiro atoms. The van der Waals surface area contributed by atoms with Gasteiger partial charge in [-0.2, -0.15) is 0 Å². The Morgan fingerprint density at radius 1 is 0.969 bits per heavy atom. The molecule has 1 aromatic carbocycles. The van der Waals surface area contributed by atoms with Crippen LogP contribution < -0.4 is 0 Å². The van der Waals surface area contributed by atoms with E-state index >= 15 is 0 Å². The molecule has 2 saturated carbocycles. The molecule has 1 heterocycles. The van der Waals surface area contributed by atoms with Crippen LogP contribution in [0.5, 0.6) is 0 Å². The zero-order chi connectivity index (χ0) is 22.1. The molecule has 4 bridgehead atoms. The number of amides is 2. The first-order valence-electron chi connectivity index (χ1n) is 12.1. The molecule has 32 heavy (non-hydrogen) atoms. The van der Waals surface area contributed by atoms with Gasteiger partial charge in [-0.1, -0.05) is 54.6 Å². The molecule has 164 valence electrons. The van der Waals surface area contributed by atoms with Crippen molar-refractivity contribution < 1.29 is 9.59 Å². The molecule has 0 saturated heterocycles. The number of nitrogens with zero attached hydrogens (tertiary/aromatic N) is 1. The van der Waals surface area contributed by atoms with Crippen LogP contribution in [0.25, 0.3) is 5.57 Å². The second-order valence-corrected chi connectivity index (χ2v) is 10.7. The summed E-state index contributed by atoms with van der Waals surface area (Å²) in [5.74, 6) is 2.77. The highest BCUT2D eigenvalue weighted by molar-refractivity contribution is 6.21. The summed E-state index contributed by atoms with van der Waals surface area (Å²) >= 11 is 0. The van der Waals surface area contributed by atoms with Gasteiger partial charge in [0.05, 0.1) is 5.57 Å². The van der Waals surface area contributed by atoms with Crippen LogP contribution in [-0.4, -0.2) is 23.3 Å². The van der Waals surface area contributed by atoms with Gasteiger partial charge < -0.3 is 0 Å². The molecule has 4 aliphatic carbocycles. The smallest absolute Gasteiger partial charge is 0.261 e. The number of imide groups is 1. The highest BCUT2D eigenvalue weighted by Gasteiger charge is 2.48. The zero-order valence-corrected chi connectivity index (χ0v) is 19.0. The minimum Gasteiger partial charge on any atom is -0.274 e. The average Bonchev–Trinajstić information content (AvgIpc) is 3.59. The Morgan fingerprint density at radius 2 is 1.72 bits per heavy atom. The van der Waals surface area contributed by atoms with Crippen molar-refractivity contribution in [3.63, 3.8) is 0 Å². The van der Waals surface area contributed by atoms with Crippen LogP contribution in [-0.2, 0) is 9.59 Å². The van der Waals surface area contributed by atoms with Crippen LogP contribution in [0.4, 0.5) is 0 Å². The van der Waals surface area contributed by atoms with E-state index in [1.807, 2.05) is 13.8 Å². The quantitative estimate of drug-likeness (QED) is 0.450. The number of fused-ring (bicyclic) bond motifs is 4. The zero-order valence-electron chi connectivity index (χ0n) is 19.0. The van der Waals surface area contributed by atoms with Crippen LogP contribution in [0, 0.1) is 29.6 Å². The Kier molecular flexibility index (Phi) is 4.47. The number of rotatable bonds is 5. The van der Waals surface area contributed by atoms with E-state index in [9.17, 15) is 9.59 Å². The van der Waals surface area contributed by atoms with E-state index in [1.54, 1.807) is 4.90 Å². The molecule has 3 heteroatoms. The molecule has 1 aliphatic heterocycles. The SMILES string of the molecule is C=C(C)c1ccc(C2CC3C=C(C4=C(C)C(=O)N(CC5CC6C=CC5C6)C4=O)C2C3)cc1. The lowest BCUT2D eigenvalue weighted by atomic mass is 9.79. The molecule has 1 aromatic rings.